The smallest absolute Gasteiger partial charge is 0.160 e. The van der Waals surface area contributed by atoms with Crippen LogP contribution >= 0.6 is 15.9 Å². The largest absolute Gasteiger partial charge is 0.372 e. The summed E-state index contributed by atoms with van der Waals surface area (Å²) in [4.78, 5) is 2.04. The Morgan fingerprint density at radius 3 is 2.63 bits per heavy atom. The predicted octanol–water partition coefficient (Wildman–Crippen LogP) is 4.06. The molecule has 0 aromatic heterocycles. The summed E-state index contributed by atoms with van der Waals surface area (Å²) in [6.07, 6.45) is 6.53. The zero-order chi connectivity index (χ0) is 13.8. The summed E-state index contributed by atoms with van der Waals surface area (Å²) in [5, 5.41) is 0. The summed E-state index contributed by atoms with van der Waals surface area (Å²) in [5.74, 6) is 0.507. The van der Waals surface area contributed by atoms with Gasteiger partial charge in [0.1, 0.15) is 0 Å². The minimum absolute atomic E-state index is 0.193. The average molecular weight is 329 g/mol. The van der Waals surface area contributed by atoms with Gasteiger partial charge in [0.05, 0.1) is 10.2 Å². The molecule has 0 saturated heterocycles. The molecule has 0 radical (unpaired) electrons. The maximum absolute atomic E-state index is 14.3. The van der Waals surface area contributed by atoms with Gasteiger partial charge in [0.2, 0.25) is 0 Å². The van der Waals surface area contributed by atoms with Gasteiger partial charge in [-0.2, -0.15) is 0 Å². The van der Waals surface area contributed by atoms with Crippen LogP contribution in [-0.4, -0.2) is 13.6 Å². The number of rotatable bonds is 4. The van der Waals surface area contributed by atoms with E-state index in [1.54, 1.807) is 0 Å². The van der Waals surface area contributed by atoms with Crippen LogP contribution in [0.2, 0.25) is 0 Å². The lowest BCUT2D eigenvalue weighted by Crippen LogP contribution is -2.27. The molecule has 1 aliphatic carbocycles. The van der Waals surface area contributed by atoms with Gasteiger partial charge in [-0.05, 0) is 46.3 Å². The molecule has 0 heterocycles. The molecule has 2 N–H and O–H groups in total. The summed E-state index contributed by atoms with van der Waals surface area (Å²) < 4.78 is 14.8. The van der Waals surface area contributed by atoms with Crippen LogP contribution in [-0.2, 0) is 6.54 Å². The fourth-order valence-corrected chi connectivity index (χ4v) is 3.38. The number of hydrogen-bond donors (Lipinski definition) is 1. The number of nitrogens with two attached hydrogens (primary N) is 1. The lowest BCUT2D eigenvalue weighted by molar-refractivity contribution is 0.361. The van der Waals surface area contributed by atoms with Gasteiger partial charge in [-0.1, -0.05) is 25.3 Å². The molecule has 0 bridgehead atoms. The predicted molar refractivity (Wildman–Crippen MR) is 81.8 cm³/mol. The molecule has 0 atom stereocenters. The molecule has 1 aromatic rings. The highest BCUT2D eigenvalue weighted by atomic mass is 79.9. The van der Waals surface area contributed by atoms with Crippen molar-refractivity contribution < 1.29 is 4.39 Å². The molecule has 106 valence electrons. The standard InChI is InChI=1S/C15H22BrFN2/c1-19(10-11-5-3-2-4-6-11)13-8-7-12(9-18)14(16)15(13)17/h7-8,11H,2-6,9-10,18H2,1H3. The van der Waals surface area contributed by atoms with E-state index in [4.69, 9.17) is 5.73 Å². The van der Waals surface area contributed by atoms with Crippen LogP contribution in [0.15, 0.2) is 16.6 Å². The summed E-state index contributed by atoms with van der Waals surface area (Å²) >= 11 is 3.30. The van der Waals surface area contributed by atoms with Crippen LogP contribution in [0.4, 0.5) is 10.1 Å². The number of benzene rings is 1. The molecular weight excluding hydrogens is 307 g/mol. The molecule has 2 nitrogen and oxygen atoms in total. The Bertz CT molecular complexity index is 430. The second kappa shape index (κ2) is 6.71. The Kier molecular flexibility index (Phi) is 5.22. The summed E-state index contributed by atoms with van der Waals surface area (Å²) in [5.41, 5.74) is 7.06. The van der Waals surface area contributed by atoms with Gasteiger partial charge in [0, 0.05) is 20.1 Å². The molecule has 0 aliphatic heterocycles. The SMILES string of the molecule is CN(CC1CCCCC1)c1ccc(CN)c(Br)c1F. The fourth-order valence-electron chi connectivity index (χ4n) is 2.89. The maximum Gasteiger partial charge on any atom is 0.160 e. The van der Waals surface area contributed by atoms with Crippen molar-refractivity contribution in [3.63, 3.8) is 0 Å². The molecule has 2 rings (SSSR count). The quantitative estimate of drug-likeness (QED) is 0.902. The fraction of sp³-hybridized carbons (Fsp3) is 0.600. The molecule has 1 aliphatic rings. The van der Waals surface area contributed by atoms with Crippen molar-refractivity contribution in [1.82, 2.24) is 0 Å². The van der Waals surface area contributed by atoms with Gasteiger partial charge in [-0.3, -0.25) is 0 Å². The van der Waals surface area contributed by atoms with Crippen molar-refractivity contribution in [2.24, 2.45) is 11.7 Å². The molecule has 0 unspecified atom stereocenters. The third-order valence-electron chi connectivity index (χ3n) is 4.03. The summed E-state index contributed by atoms with van der Waals surface area (Å²) in [6, 6.07) is 3.74. The van der Waals surface area contributed by atoms with Gasteiger partial charge in [0.15, 0.2) is 5.82 Å². The number of hydrogen-bond acceptors (Lipinski definition) is 2. The molecular formula is C15H22BrFN2. The van der Waals surface area contributed by atoms with E-state index in [9.17, 15) is 4.39 Å². The first-order valence-electron chi connectivity index (χ1n) is 7.01. The Labute approximate surface area is 123 Å². The van der Waals surface area contributed by atoms with Crippen molar-refractivity contribution in [2.75, 3.05) is 18.5 Å². The van der Waals surface area contributed by atoms with Gasteiger partial charge >= 0.3 is 0 Å². The molecule has 0 spiro atoms. The van der Waals surface area contributed by atoms with E-state index >= 15 is 0 Å². The normalized spacial score (nSPS) is 16.6. The van der Waals surface area contributed by atoms with Gasteiger partial charge in [-0.25, -0.2) is 4.39 Å². The van der Waals surface area contributed by atoms with Crippen LogP contribution in [0.3, 0.4) is 0 Å². The molecule has 0 amide bonds. The maximum atomic E-state index is 14.3. The zero-order valence-corrected chi connectivity index (χ0v) is 13.0. The highest BCUT2D eigenvalue weighted by Gasteiger charge is 2.19. The van der Waals surface area contributed by atoms with E-state index in [2.05, 4.69) is 15.9 Å². The lowest BCUT2D eigenvalue weighted by Gasteiger charge is -2.29. The van der Waals surface area contributed by atoms with Crippen LogP contribution in [0.25, 0.3) is 0 Å². The first kappa shape index (κ1) is 14.8. The second-order valence-corrected chi connectivity index (χ2v) is 6.25. The van der Waals surface area contributed by atoms with E-state index < -0.39 is 0 Å². The molecule has 1 aromatic carbocycles. The van der Waals surface area contributed by atoms with Gasteiger partial charge in [0.25, 0.3) is 0 Å². The van der Waals surface area contributed by atoms with Crippen LogP contribution < -0.4 is 10.6 Å². The molecule has 1 saturated carbocycles. The molecule has 4 heteroatoms. The summed E-state index contributed by atoms with van der Waals surface area (Å²) in [7, 11) is 1.97. The third-order valence-corrected chi connectivity index (χ3v) is 4.89. The first-order chi connectivity index (χ1) is 9.13. The van der Waals surface area contributed by atoms with E-state index in [-0.39, 0.29) is 5.82 Å². The van der Waals surface area contributed by atoms with Crippen molar-refractivity contribution in [3.05, 3.63) is 28.0 Å². The Hall–Kier alpha value is -0.610. The van der Waals surface area contributed by atoms with Crippen LogP contribution in [0, 0.1) is 11.7 Å². The van der Waals surface area contributed by atoms with Crippen molar-refractivity contribution in [1.29, 1.82) is 0 Å². The molecule has 1 fully saturated rings. The first-order valence-corrected chi connectivity index (χ1v) is 7.81. The van der Waals surface area contributed by atoms with E-state index in [0.717, 1.165) is 12.1 Å². The monoisotopic (exact) mass is 328 g/mol. The van der Waals surface area contributed by atoms with E-state index in [1.165, 1.54) is 32.1 Å². The Balaban J connectivity index is 2.10. The van der Waals surface area contributed by atoms with E-state index in [1.807, 2.05) is 24.1 Å². The Morgan fingerprint density at radius 1 is 1.32 bits per heavy atom. The van der Waals surface area contributed by atoms with Gasteiger partial charge in [-0.15, -0.1) is 0 Å². The zero-order valence-electron chi connectivity index (χ0n) is 11.5. The minimum atomic E-state index is -0.193. The van der Waals surface area contributed by atoms with Crippen LogP contribution in [0.5, 0.6) is 0 Å². The average Bonchev–Trinajstić information content (AvgIpc) is 2.42. The number of anilines is 1. The third kappa shape index (κ3) is 3.48. The number of halogens is 2. The second-order valence-electron chi connectivity index (χ2n) is 5.46. The van der Waals surface area contributed by atoms with Crippen molar-refractivity contribution in [3.8, 4) is 0 Å². The summed E-state index contributed by atoms with van der Waals surface area (Å²) in [6.45, 7) is 1.29. The molecule has 19 heavy (non-hydrogen) atoms. The highest BCUT2D eigenvalue weighted by molar-refractivity contribution is 9.10. The van der Waals surface area contributed by atoms with Crippen molar-refractivity contribution in [2.45, 2.75) is 38.6 Å². The number of nitrogens with zero attached hydrogens (tertiary/aromatic N) is 1. The Morgan fingerprint density at radius 2 is 2.00 bits per heavy atom. The lowest BCUT2D eigenvalue weighted by atomic mass is 9.89. The van der Waals surface area contributed by atoms with Crippen LogP contribution in [0.1, 0.15) is 37.7 Å². The van der Waals surface area contributed by atoms with E-state index in [0.29, 0.717) is 22.6 Å². The topological polar surface area (TPSA) is 29.3 Å². The van der Waals surface area contributed by atoms with Crippen molar-refractivity contribution >= 4 is 21.6 Å². The van der Waals surface area contributed by atoms with Gasteiger partial charge < -0.3 is 10.6 Å². The minimum Gasteiger partial charge on any atom is -0.372 e. The highest BCUT2D eigenvalue weighted by Crippen LogP contribution is 2.31.